The van der Waals surface area contributed by atoms with Crippen LogP contribution in [0.2, 0.25) is 0 Å². The summed E-state index contributed by atoms with van der Waals surface area (Å²) in [6.07, 6.45) is 0.763. The first-order valence-corrected chi connectivity index (χ1v) is 11.1. The molecule has 1 aliphatic rings. The number of likely N-dealkylation sites (tertiary alicyclic amines) is 1. The van der Waals surface area contributed by atoms with Crippen molar-refractivity contribution < 1.29 is 17.9 Å². The van der Waals surface area contributed by atoms with E-state index in [-0.39, 0.29) is 23.9 Å². The van der Waals surface area contributed by atoms with Crippen LogP contribution < -0.4 is 10.1 Å². The summed E-state index contributed by atoms with van der Waals surface area (Å²) < 4.78 is 51.4. The highest BCUT2D eigenvalue weighted by atomic mass is 19.1. The fraction of sp³-hybridized carbons (Fsp3) is 0.435. The predicted octanol–water partition coefficient (Wildman–Crippen LogP) is 3.63. The van der Waals surface area contributed by atoms with Crippen molar-refractivity contribution in [3.8, 4) is 17.0 Å². The van der Waals surface area contributed by atoms with Gasteiger partial charge in [0.05, 0.1) is 42.5 Å². The number of anilines is 1. The number of ether oxygens (including phenoxy) is 1. The number of hydrogen-bond donors (Lipinski definition) is 1. The molecule has 2 atom stereocenters. The van der Waals surface area contributed by atoms with Crippen molar-refractivity contribution in [2.45, 2.75) is 32.1 Å². The summed E-state index contributed by atoms with van der Waals surface area (Å²) in [5.74, 6) is 0.493. The van der Waals surface area contributed by atoms with Crippen molar-refractivity contribution in [2.75, 3.05) is 39.2 Å². The lowest BCUT2D eigenvalue weighted by molar-refractivity contribution is 0.149. The Bertz CT molecular complexity index is 1350. The quantitative estimate of drug-likeness (QED) is 0.461. The van der Waals surface area contributed by atoms with Crippen molar-refractivity contribution >= 4 is 22.5 Å². The second kappa shape index (κ2) is 8.79. The lowest BCUT2D eigenvalue weighted by Gasteiger charge is -2.32. The molecule has 34 heavy (non-hydrogen) atoms. The fourth-order valence-corrected chi connectivity index (χ4v) is 4.65. The summed E-state index contributed by atoms with van der Waals surface area (Å²) in [6.45, 7) is 2.51. The van der Waals surface area contributed by atoms with E-state index in [1.165, 1.54) is 17.8 Å². The maximum Gasteiger partial charge on any atom is 0.244 e. The van der Waals surface area contributed by atoms with E-state index >= 15 is 4.39 Å². The number of rotatable bonds is 6. The summed E-state index contributed by atoms with van der Waals surface area (Å²) >= 11 is 0. The number of alkyl halides is 2. The van der Waals surface area contributed by atoms with E-state index in [0.717, 1.165) is 6.54 Å². The molecule has 1 saturated heterocycles. The summed E-state index contributed by atoms with van der Waals surface area (Å²) in [5, 5.41) is 7.42. The largest absolute Gasteiger partial charge is 0.479 e. The molecule has 1 aromatic carbocycles. The zero-order valence-corrected chi connectivity index (χ0v) is 19.2. The number of fused-ring (bicyclic) bond motifs is 2. The highest BCUT2D eigenvalue weighted by Crippen LogP contribution is 2.35. The lowest BCUT2D eigenvalue weighted by atomic mass is 10.0. The van der Waals surface area contributed by atoms with E-state index in [2.05, 4.69) is 20.4 Å². The van der Waals surface area contributed by atoms with Crippen LogP contribution in [-0.4, -0.2) is 75.2 Å². The first-order valence-electron chi connectivity index (χ1n) is 11.1. The lowest BCUT2D eigenvalue weighted by Crippen LogP contribution is -2.46. The number of methoxy groups -OCH3 is 1. The minimum absolute atomic E-state index is 0.160. The predicted molar refractivity (Wildman–Crippen MR) is 123 cm³/mol. The van der Waals surface area contributed by atoms with Crippen LogP contribution in [0.15, 0.2) is 24.4 Å². The molecule has 11 heteroatoms. The maximum atomic E-state index is 15.2. The first-order chi connectivity index (χ1) is 16.4. The number of halogens is 3. The monoisotopic (exact) mass is 473 g/mol. The summed E-state index contributed by atoms with van der Waals surface area (Å²) in [7, 11) is 3.32. The number of aryl methyl sites for hydroxylation is 2. The van der Waals surface area contributed by atoms with Gasteiger partial charge in [0.25, 0.3) is 0 Å². The fourth-order valence-electron chi connectivity index (χ4n) is 4.65. The van der Waals surface area contributed by atoms with Gasteiger partial charge in [0.2, 0.25) is 11.8 Å². The molecule has 180 valence electrons. The SMILES string of the molecule is COc1nc(N[C@H]2CCN(C)C[C@H]2F)nn2cc(F)c(-c3ccc4nc(C)n(CCF)c4c3)c12. The van der Waals surface area contributed by atoms with E-state index in [9.17, 15) is 8.78 Å². The molecule has 0 radical (unpaired) electrons. The van der Waals surface area contributed by atoms with E-state index in [0.29, 0.717) is 40.9 Å². The molecule has 0 aliphatic carbocycles. The van der Waals surface area contributed by atoms with Crippen LogP contribution in [0.25, 0.3) is 27.7 Å². The molecule has 0 unspecified atom stereocenters. The van der Waals surface area contributed by atoms with Crippen LogP contribution in [-0.2, 0) is 6.54 Å². The number of imidazole rings is 1. The van der Waals surface area contributed by atoms with Gasteiger partial charge in [-0.3, -0.25) is 0 Å². The van der Waals surface area contributed by atoms with Gasteiger partial charge in [-0.1, -0.05) is 6.07 Å². The third-order valence-electron chi connectivity index (χ3n) is 6.34. The van der Waals surface area contributed by atoms with Gasteiger partial charge in [0, 0.05) is 13.1 Å². The Hall–Kier alpha value is -3.34. The Labute approximate surface area is 194 Å². The van der Waals surface area contributed by atoms with Crippen LogP contribution in [0.5, 0.6) is 5.88 Å². The van der Waals surface area contributed by atoms with Crippen LogP contribution in [0.3, 0.4) is 0 Å². The molecule has 4 aromatic rings. The molecule has 5 rings (SSSR count). The molecule has 0 spiro atoms. The second-order valence-electron chi connectivity index (χ2n) is 8.61. The molecule has 3 aromatic heterocycles. The van der Waals surface area contributed by atoms with E-state index in [1.807, 2.05) is 11.9 Å². The van der Waals surface area contributed by atoms with Gasteiger partial charge in [0.15, 0.2) is 5.82 Å². The maximum absolute atomic E-state index is 15.2. The van der Waals surface area contributed by atoms with Crippen molar-refractivity contribution in [1.82, 2.24) is 29.0 Å². The number of piperidine rings is 1. The third-order valence-corrected chi connectivity index (χ3v) is 6.34. The van der Waals surface area contributed by atoms with Crippen molar-refractivity contribution in [3.63, 3.8) is 0 Å². The average molecular weight is 474 g/mol. The van der Waals surface area contributed by atoms with E-state index in [1.54, 1.807) is 29.7 Å². The summed E-state index contributed by atoms with van der Waals surface area (Å²) in [4.78, 5) is 10.8. The Morgan fingerprint density at radius 3 is 2.82 bits per heavy atom. The zero-order valence-electron chi connectivity index (χ0n) is 19.2. The molecule has 8 nitrogen and oxygen atoms in total. The summed E-state index contributed by atoms with van der Waals surface area (Å²) in [6, 6.07) is 4.87. The Morgan fingerprint density at radius 2 is 2.09 bits per heavy atom. The standard InChI is InChI=1S/C23H26F3N7O/c1-13-27-18-5-4-14(10-19(18)32(13)9-7-24)20-16(26)12-33-21(20)22(34-3)29-23(30-33)28-17-6-8-31(2)11-15(17)25/h4-5,10,12,15,17H,6-9,11H2,1-3H3,(H,28,30)/t15-,17+/m1/s1. The normalized spacial score (nSPS) is 19.2. The number of aromatic nitrogens is 5. The van der Waals surface area contributed by atoms with Crippen LogP contribution in [0, 0.1) is 12.7 Å². The van der Waals surface area contributed by atoms with Gasteiger partial charge in [-0.15, -0.1) is 5.10 Å². The third kappa shape index (κ3) is 3.83. The van der Waals surface area contributed by atoms with Gasteiger partial charge in [0.1, 0.15) is 24.2 Å². The molecule has 4 heterocycles. The van der Waals surface area contributed by atoms with Gasteiger partial charge in [-0.05, 0) is 38.1 Å². The van der Waals surface area contributed by atoms with E-state index in [4.69, 9.17) is 4.74 Å². The molecule has 0 bridgehead atoms. The van der Waals surface area contributed by atoms with Crippen LogP contribution in [0.1, 0.15) is 12.2 Å². The molecule has 1 N–H and O–H groups in total. The molecule has 1 fully saturated rings. The van der Waals surface area contributed by atoms with Gasteiger partial charge < -0.3 is 19.5 Å². The highest BCUT2D eigenvalue weighted by Gasteiger charge is 2.29. The molecule has 0 saturated carbocycles. The van der Waals surface area contributed by atoms with Crippen molar-refractivity contribution in [3.05, 3.63) is 36.0 Å². The average Bonchev–Trinajstić information content (AvgIpc) is 3.30. The van der Waals surface area contributed by atoms with Crippen molar-refractivity contribution in [2.24, 2.45) is 0 Å². The number of hydrogen-bond acceptors (Lipinski definition) is 6. The Morgan fingerprint density at radius 1 is 1.26 bits per heavy atom. The molecule has 1 aliphatic heterocycles. The van der Waals surface area contributed by atoms with Gasteiger partial charge in [-0.25, -0.2) is 22.7 Å². The van der Waals surface area contributed by atoms with Gasteiger partial charge >= 0.3 is 0 Å². The molecule has 0 amide bonds. The Balaban J connectivity index is 1.58. The smallest absolute Gasteiger partial charge is 0.244 e. The van der Waals surface area contributed by atoms with Gasteiger partial charge in [-0.2, -0.15) is 4.98 Å². The molecular formula is C23H26F3N7O. The van der Waals surface area contributed by atoms with E-state index < -0.39 is 24.7 Å². The summed E-state index contributed by atoms with van der Waals surface area (Å²) in [5.41, 5.74) is 2.58. The number of nitrogens with zero attached hydrogens (tertiary/aromatic N) is 6. The minimum atomic E-state index is -1.08. The van der Waals surface area contributed by atoms with Crippen LogP contribution >= 0.6 is 0 Å². The Kier molecular flexibility index (Phi) is 5.80. The zero-order chi connectivity index (χ0) is 24.0. The van der Waals surface area contributed by atoms with Crippen molar-refractivity contribution in [1.29, 1.82) is 0 Å². The molecular weight excluding hydrogens is 447 g/mol. The number of benzene rings is 1. The first kappa shape index (κ1) is 22.5. The number of nitrogens with one attached hydrogen (secondary N) is 1. The van der Waals surface area contributed by atoms with Crippen LogP contribution in [0.4, 0.5) is 19.1 Å². The minimum Gasteiger partial charge on any atom is -0.479 e. The topological polar surface area (TPSA) is 72.5 Å². The second-order valence-corrected chi connectivity index (χ2v) is 8.61. The highest BCUT2D eigenvalue weighted by molar-refractivity contribution is 5.90.